The molecule has 0 aliphatic heterocycles. The summed E-state index contributed by atoms with van der Waals surface area (Å²) in [5.74, 6) is 0.0916. The Balaban J connectivity index is 1.44. The number of ether oxygens (including phenoxy) is 1. The molecule has 0 aliphatic carbocycles. The van der Waals surface area contributed by atoms with Gasteiger partial charge >= 0.3 is 6.03 Å². The van der Waals surface area contributed by atoms with Crippen LogP contribution in [-0.4, -0.2) is 18.5 Å². The van der Waals surface area contributed by atoms with Crippen molar-refractivity contribution in [1.29, 1.82) is 0 Å². The molecule has 6 nitrogen and oxygen atoms in total. The van der Waals surface area contributed by atoms with Crippen LogP contribution in [0.1, 0.15) is 0 Å². The Bertz CT molecular complexity index is 929. The molecule has 0 spiro atoms. The minimum atomic E-state index is -0.577. The van der Waals surface area contributed by atoms with Crippen molar-refractivity contribution in [3.8, 4) is 5.75 Å². The average molecular weight is 370 g/mol. The number of hydrazine groups is 1. The maximum absolute atomic E-state index is 11.8. The van der Waals surface area contributed by atoms with E-state index in [1.54, 1.807) is 30.3 Å². The van der Waals surface area contributed by atoms with E-state index in [0.717, 1.165) is 10.8 Å². The van der Waals surface area contributed by atoms with Crippen molar-refractivity contribution in [1.82, 2.24) is 10.9 Å². The summed E-state index contributed by atoms with van der Waals surface area (Å²) < 4.78 is 5.44. The number of benzene rings is 3. The number of nitrogens with one attached hydrogen (secondary N) is 3. The number of carbonyl (C=O) groups is 2. The van der Waals surface area contributed by atoms with E-state index in [1.165, 1.54) is 0 Å². The molecule has 3 rings (SSSR count). The number of urea groups is 1. The Kier molecular flexibility index (Phi) is 5.56. The number of amides is 3. The third-order valence-electron chi connectivity index (χ3n) is 3.51. The Labute approximate surface area is 155 Å². The van der Waals surface area contributed by atoms with Gasteiger partial charge in [0.1, 0.15) is 5.75 Å². The fourth-order valence-corrected chi connectivity index (χ4v) is 2.39. The van der Waals surface area contributed by atoms with Crippen LogP contribution >= 0.6 is 11.6 Å². The summed E-state index contributed by atoms with van der Waals surface area (Å²) in [6.07, 6.45) is 0. The number of anilines is 1. The SMILES string of the molecule is O=C(COc1ccc2ccccc2c1)NNC(=O)Nc1ccc(Cl)cc1. The first-order chi connectivity index (χ1) is 12.6. The quantitative estimate of drug-likeness (QED) is 0.613. The Morgan fingerprint density at radius 1 is 0.885 bits per heavy atom. The van der Waals surface area contributed by atoms with Crippen LogP contribution < -0.4 is 20.9 Å². The molecule has 3 aromatic carbocycles. The van der Waals surface area contributed by atoms with Gasteiger partial charge in [-0.15, -0.1) is 0 Å². The van der Waals surface area contributed by atoms with Gasteiger partial charge in [0.15, 0.2) is 6.61 Å². The normalized spacial score (nSPS) is 10.2. The third kappa shape index (κ3) is 4.87. The molecule has 0 aromatic heterocycles. The summed E-state index contributed by atoms with van der Waals surface area (Å²) in [5.41, 5.74) is 5.07. The van der Waals surface area contributed by atoms with Crippen molar-refractivity contribution in [2.24, 2.45) is 0 Å². The summed E-state index contributed by atoms with van der Waals surface area (Å²) in [6.45, 7) is -0.223. The lowest BCUT2D eigenvalue weighted by Gasteiger charge is -2.10. The van der Waals surface area contributed by atoms with Gasteiger partial charge < -0.3 is 10.1 Å². The van der Waals surface area contributed by atoms with Crippen LogP contribution in [-0.2, 0) is 4.79 Å². The lowest BCUT2D eigenvalue weighted by atomic mass is 10.1. The van der Waals surface area contributed by atoms with E-state index >= 15 is 0 Å². The van der Waals surface area contributed by atoms with Gasteiger partial charge in [-0.2, -0.15) is 0 Å². The first-order valence-electron chi connectivity index (χ1n) is 7.83. The Morgan fingerprint density at radius 2 is 1.62 bits per heavy atom. The number of fused-ring (bicyclic) bond motifs is 1. The molecule has 3 N–H and O–H groups in total. The Morgan fingerprint density at radius 3 is 2.38 bits per heavy atom. The first kappa shape index (κ1) is 17.6. The largest absolute Gasteiger partial charge is 0.484 e. The van der Waals surface area contributed by atoms with Crippen LogP contribution in [0.15, 0.2) is 66.7 Å². The summed E-state index contributed by atoms with van der Waals surface area (Å²) in [4.78, 5) is 23.5. The Hall–Kier alpha value is -3.25. The summed E-state index contributed by atoms with van der Waals surface area (Å²) in [6, 6.07) is 19.4. The maximum Gasteiger partial charge on any atom is 0.337 e. The highest BCUT2D eigenvalue weighted by molar-refractivity contribution is 6.30. The second-order valence-electron chi connectivity index (χ2n) is 5.43. The standard InChI is InChI=1S/C19H16ClN3O3/c20-15-6-8-16(9-7-15)21-19(25)23-22-18(24)12-26-17-10-5-13-3-1-2-4-14(13)11-17/h1-11H,12H2,(H,22,24)(H2,21,23,25). The monoisotopic (exact) mass is 369 g/mol. The van der Waals surface area contributed by atoms with Gasteiger partial charge in [0.05, 0.1) is 0 Å². The fraction of sp³-hybridized carbons (Fsp3) is 0.0526. The molecule has 0 atom stereocenters. The summed E-state index contributed by atoms with van der Waals surface area (Å²) >= 11 is 5.77. The number of halogens is 1. The second kappa shape index (κ2) is 8.22. The van der Waals surface area contributed by atoms with Crippen molar-refractivity contribution in [3.05, 3.63) is 71.8 Å². The highest BCUT2D eigenvalue weighted by Gasteiger charge is 2.06. The molecule has 7 heteroatoms. The van der Waals surface area contributed by atoms with Gasteiger partial charge in [0.2, 0.25) is 0 Å². The van der Waals surface area contributed by atoms with E-state index in [9.17, 15) is 9.59 Å². The number of hydrogen-bond donors (Lipinski definition) is 3. The molecule has 3 amide bonds. The highest BCUT2D eigenvalue weighted by atomic mass is 35.5. The molecular weight excluding hydrogens is 354 g/mol. The van der Waals surface area contributed by atoms with E-state index in [0.29, 0.717) is 16.5 Å². The van der Waals surface area contributed by atoms with Crippen molar-refractivity contribution in [3.63, 3.8) is 0 Å². The van der Waals surface area contributed by atoms with Crippen LogP contribution in [0.3, 0.4) is 0 Å². The van der Waals surface area contributed by atoms with Gasteiger partial charge in [0.25, 0.3) is 5.91 Å². The van der Waals surface area contributed by atoms with Crippen LogP contribution in [0, 0.1) is 0 Å². The smallest absolute Gasteiger partial charge is 0.337 e. The topological polar surface area (TPSA) is 79.5 Å². The molecule has 26 heavy (non-hydrogen) atoms. The predicted octanol–water partition coefficient (Wildman–Crippen LogP) is 3.72. The van der Waals surface area contributed by atoms with Gasteiger partial charge in [-0.05, 0) is 47.2 Å². The molecule has 132 valence electrons. The molecule has 3 aromatic rings. The zero-order chi connectivity index (χ0) is 18.4. The van der Waals surface area contributed by atoms with Crippen LogP contribution in [0.5, 0.6) is 5.75 Å². The molecule has 0 heterocycles. The fourth-order valence-electron chi connectivity index (χ4n) is 2.26. The minimum absolute atomic E-state index is 0.223. The van der Waals surface area contributed by atoms with E-state index in [4.69, 9.17) is 16.3 Å². The average Bonchev–Trinajstić information content (AvgIpc) is 2.66. The van der Waals surface area contributed by atoms with Crippen molar-refractivity contribution < 1.29 is 14.3 Å². The van der Waals surface area contributed by atoms with Gasteiger partial charge in [-0.25, -0.2) is 10.2 Å². The lowest BCUT2D eigenvalue weighted by Crippen LogP contribution is -2.45. The van der Waals surface area contributed by atoms with E-state index < -0.39 is 11.9 Å². The van der Waals surface area contributed by atoms with Gasteiger partial charge in [-0.1, -0.05) is 41.9 Å². The minimum Gasteiger partial charge on any atom is -0.484 e. The van der Waals surface area contributed by atoms with Crippen molar-refractivity contribution >= 4 is 40.0 Å². The van der Waals surface area contributed by atoms with Crippen LogP contribution in [0.4, 0.5) is 10.5 Å². The zero-order valence-corrected chi connectivity index (χ0v) is 14.4. The summed E-state index contributed by atoms with van der Waals surface area (Å²) in [7, 11) is 0. The maximum atomic E-state index is 11.8. The molecule has 0 aliphatic rings. The first-order valence-corrected chi connectivity index (χ1v) is 8.21. The van der Waals surface area contributed by atoms with Gasteiger partial charge in [0, 0.05) is 10.7 Å². The number of carbonyl (C=O) groups excluding carboxylic acids is 2. The van der Waals surface area contributed by atoms with Crippen LogP contribution in [0.2, 0.25) is 5.02 Å². The molecule has 0 fully saturated rings. The second-order valence-corrected chi connectivity index (χ2v) is 5.87. The molecule has 0 saturated carbocycles. The number of rotatable bonds is 4. The van der Waals surface area contributed by atoms with Gasteiger partial charge in [-0.3, -0.25) is 10.2 Å². The van der Waals surface area contributed by atoms with Crippen molar-refractivity contribution in [2.75, 3.05) is 11.9 Å². The third-order valence-corrected chi connectivity index (χ3v) is 3.76. The molecule has 0 radical (unpaired) electrons. The van der Waals surface area contributed by atoms with E-state index in [1.807, 2.05) is 36.4 Å². The molecule has 0 saturated heterocycles. The van der Waals surface area contributed by atoms with Crippen LogP contribution in [0.25, 0.3) is 10.8 Å². The van der Waals surface area contributed by atoms with Crippen molar-refractivity contribution in [2.45, 2.75) is 0 Å². The highest BCUT2D eigenvalue weighted by Crippen LogP contribution is 2.20. The zero-order valence-electron chi connectivity index (χ0n) is 13.7. The predicted molar refractivity (Wildman–Crippen MR) is 101 cm³/mol. The van der Waals surface area contributed by atoms with E-state index in [-0.39, 0.29) is 6.61 Å². The van der Waals surface area contributed by atoms with E-state index in [2.05, 4.69) is 16.2 Å². The molecule has 0 bridgehead atoms. The molecular formula is C19H16ClN3O3. The lowest BCUT2D eigenvalue weighted by molar-refractivity contribution is -0.123. The number of hydrogen-bond acceptors (Lipinski definition) is 3. The molecule has 0 unspecified atom stereocenters. The summed E-state index contributed by atoms with van der Waals surface area (Å²) in [5, 5.41) is 5.23.